The molecule has 0 aliphatic carbocycles. The van der Waals surface area contributed by atoms with Crippen molar-refractivity contribution in [3.63, 3.8) is 0 Å². The Morgan fingerprint density at radius 2 is 1.07 bits per heavy atom. The zero-order valence-corrected chi connectivity index (χ0v) is 13.6. The first kappa shape index (κ1) is 18.8. The average molecular weight is 382 g/mol. The fourth-order valence-corrected chi connectivity index (χ4v) is 2.55. The van der Waals surface area contributed by atoms with Gasteiger partial charge in [0.15, 0.2) is 0 Å². The van der Waals surface area contributed by atoms with Gasteiger partial charge in [-0.2, -0.15) is 26.3 Å². The minimum atomic E-state index is -4.44. The molecule has 0 aliphatic rings. The fraction of sp³-hybridized carbons (Fsp3) is 0.105. The fourth-order valence-electron chi connectivity index (χ4n) is 2.55. The number of nitrogen functional groups attached to an aromatic ring is 1. The van der Waals surface area contributed by atoms with Crippen LogP contribution in [-0.2, 0) is 12.4 Å². The highest BCUT2D eigenvalue weighted by molar-refractivity contribution is 5.77. The van der Waals surface area contributed by atoms with Crippen LogP contribution in [0.1, 0.15) is 11.1 Å². The number of alkyl halides is 6. The molecule has 8 heteroatoms. The SMILES string of the molecule is Nc1cc(-c2ccc(C(F)(F)F)cc2)cnc1-c1ccc(C(F)(F)F)cc1. The number of benzene rings is 2. The highest BCUT2D eigenvalue weighted by atomic mass is 19.4. The third kappa shape index (κ3) is 4.05. The second-order valence-corrected chi connectivity index (χ2v) is 5.81. The lowest BCUT2D eigenvalue weighted by Gasteiger charge is -2.11. The highest BCUT2D eigenvalue weighted by Crippen LogP contribution is 2.34. The zero-order chi connectivity index (χ0) is 19.8. The van der Waals surface area contributed by atoms with Crippen LogP contribution >= 0.6 is 0 Å². The van der Waals surface area contributed by atoms with Crippen molar-refractivity contribution in [3.05, 3.63) is 71.9 Å². The van der Waals surface area contributed by atoms with Crippen LogP contribution in [0.25, 0.3) is 22.4 Å². The van der Waals surface area contributed by atoms with Crippen LogP contribution in [0.15, 0.2) is 60.8 Å². The predicted molar refractivity (Wildman–Crippen MR) is 89.5 cm³/mol. The number of anilines is 1. The van der Waals surface area contributed by atoms with Gasteiger partial charge in [-0.05, 0) is 35.9 Å². The van der Waals surface area contributed by atoms with E-state index >= 15 is 0 Å². The first-order valence-electron chi connectivity index (χ1n) is 7.66. The van der Waals surface area contributed by atoms with Gasteiger partial charge in [-0.1, -0.05) is 24.3 Å². The Morgan fingerprint density at radius 1 is 0.630 bits per heavy atom. The van der Waals surface area contributed by atoms with Crippen molar-refractivity contribution < 1.29 is 26.3 Å². The molecule has 140 valence electrons. The maximum Gasteiger partial charge on any atom is 0.416 e. The van der Waals surface area contributed by atoms with Crippen LogP contribution < -0.4 is 5.73 Å². The Hall–Kier alpha value is -3.03. The van der Waals surface area contributed by atoms with Gasteiger partial charge < -0.3 is 5.73 Å². The molecular formula is C19H12F6N2. The summed E-state index contributed by atoms with van der Waals surface area (Å²) in [5.41, 5.74) is 6.27. The van der Waals surface area contributed by atoms with Crippen molar-refractivity contribution in [2.24, 2.45) is 0 Å². The Labute approximate surface area is 150 Å². The van der Waals surface area contributed by atoms with Crippen LogP contribution in [0.4, 0.5) is 32.0 Å². The first-order chi connectivity index (χ1) is 12.6. The monoisotopic (exact) mass is 382 g/mol. The van der Waals surface area contributed by atoms with Gasteiger partial charge in [-0.3, -0.25) is 4.98 Å². The number of hydrogen-bond donors (Lipinski definition) is 1. The van der Waals surface area contributed by atoms with Crippen LogP contribution in [-0.4, -0.2) is 4.98 Å². The molecule has 0 fully saturated rings. The minimum absolute atomic E-state index is 0.201. The number of nitrogens with two attached hydrogens (primary N) is 1. The van der Waals surface area contributed by atoms with Crippen molar-refractivity contribution in [2.45, 2.75) is 12.4 Å². The number of rotatable bonds is 2. The molecule has 0 spiro atoms. The molecule has 0 amide bonds. The van der Waals surface area contributed by atoms with Crippen LogP contribution in [0.5, 0.6) is 0 Å². The molecule has 1 aromatic heterocycles. The third-order valence-corrected chi connectivity index (χ3v) is 3.95. The van der Waals surface area contributed by atoms with Gasteiger partial charge in [0, 0.05) is 17.3 Å². The van der Waals surface area contributed by atoms with Crippen LogP contribution in [0, 0.1) is 0 Å². The highest BCUT2D eigenvalue weighted by Gasteiger charge is 2.30. The second kappa shape index (κ2) is 6.61. The Kier molecular flexibility index (Phi) is 4.59. The topological polar surface area (TPSA) is 38.9 Å². The molecular weight excluding hydrogens is 370 g/mol. The van der Waals surface area contributed by atoms with Gasteiger partial charge in [0.25, 0.3) is 0 Å². The third-order valence-electron chi connectivity index (χ3n) is 3.95. The van der Waals surface area contributed by atoms with E-state index in [9.17, 15) is 26.3 Å². The van der Waals surface area contributed by atoms with Gasteiger partial charge in [0.2, 0.25) is 0 Å². The van der Waals surface area contributed by atoms with E-state index < -0.39 is 23.5 Å². The van der Waals surface area contributed by atoms with E-state index in [1.54, 1.807) is 0 Å². The molecule has 2 N–H and O–H groups in total. The van der Waals surface area contributed by atoms with Gasteiger partial charge in [0.1, 0.15) is 0 Å². The van der Waals surface area contributed by atoms with Crippen molar-refractivity contribution in [2.75, 3.05) is 5.73 Å². The second-order valence-electron chi connectivity index (χ2n) is 5.81. The van der Waals surface area contributed by atoms with Gasteiger partial charge in [0.05, 0.1) is 22.5 Å². The van der Waals surface area contributed by atoms with E-state index in [2.05, 4.69) is 4.98 Å². The average Bonchev–Trinajstić information content (AvgIpc) is 2.60. The Bertz CT molecular complexity index is 942. The summed E-state index contributed by atoms with van der Waals surface area (Å²) in [6.45, 7) is 0. The van der Waals surface area contributed by atoms with Crippen molar-refractivity contribution >= 4 is 5.69 Å². The lowest BCUT2D eigenvalue weighted by molar-refractivity contribution is -0.138. The normalized spacial score (nSPS) is 12.2. The lowest BCUT2D eigenvalue weighted by Crippen LogP contribution is -2.04. The molecule has 0 saturated heterocycles. The van der Waals surface area contributed by atoms with E-state index in [0.29, 0.717) is 22.4 Å². The molecule has 3 rings (SSSR count). The molecule has 0 aliphatic heterocycles. The summed E-state index contributed by atoms with van der Waals surface area (Å²) in [5, 5.41) is 0. The molecule has 0 radical (unpaired) electrons. The minimum Gasteiger partial charge on any atom is -0.397 e. The summed E-state index contributed by atoms with van der Waals surface area (Å²) in [4.78, 5) is 4.16. The van der Waals surface area contributed by atoms with Crippen LogP contribution in [0.2, 0.25) is 0 Å². The summed E-state index contributed by atoms with van der Waals surface area (Å²) >= 11 is 0. The van der Waals surface area contributed by atoms with Crippen LogP contribution in [0.3, 0.4) is 0 Å². The molecule has 0 saturated carbocycles. The quantitative estimate of drug-likeness (QED) is 0.549. The predicted octanol–water partition coefficient (Wildman–Crippen LogP) is 6.04. The molecule has 3 aromatic rings. The maximum absolute atomic E-state index is 12.6. The molecule has 2 nitrogen and oxygen atoms in total. The number of pyridine rings is 1. The van der Waals surface area contributed by atoms with E-state index in [4.69, 9.17) is 5.73 Å². The van der Waals surface area contributed by atoms with Crippen molar-refractivity contribution in [3.8, 4) is 22.4 Å². The first-order valence-corrected chi connectivity index (χ1v) is 7.66. The Morgan fingerprint density at radius 3 is 1.48 bits per heavy atom. The molecule has 0 unspecified atom stereocenters. The molecule has 27 heavy (non-hydrogen) atoms. The standard InChI is InChI=1S/C19H12F6N2/c20-18(21,22)14-5-1-11(2-6-14)13-9-16(26)17(27-10-13)12-3-7-15(8-4-12)19(23,24)25/h1-10H,26H2. The summed E-state index contributed by atoms with van der Waals surface area (Å²) in [7, 11) is 0. The summed E-state index contributed by atoms with van der Waals surface area (Å²) in [5.74, 6) is 0. The van der Waals surface area contributed by atoms with E-state index in [1.165, 1.54) is 36.5 Å². The van der Waals surface area contributed by atoms with E-state index in [-0.39, 0.29) is 5.69 Å². The number of aromatic nitrogens is 1. The zero-order valence-electron chi connectivity index (χ0n) is 13.6. The lowest BCUT2D eigenvalue weighted by atomic mass is 10.0. The van der Waals surface area contributed by atoms with Crippen molar-refractivity contribution in [1.29, 1.82) is 0 Å². The largest absolute Gasteiger partial charge is 0.416 e. The number of halogens is 6. The van der Waals surface area contributed by atoms with Gasteiger partial charge in [-0.15, -0.1) is 0 Å². The molecule has 1 heterocycles. The molecule has 0 bridgehead atoms. The summed E-state index contributed by atoms with van der Waals surface area (Å²) in [6, 6.07) is 10.4. The van der Waals surface area contributed by atoms with E-state index in [1.807, 2.05) is 0 Å². The molecule has 0 atom stereocenters. The Balaban J connectivity index is 1.90. The van der Waals surface area contributed by atoms with Gasteiger partial charge >= 0.3 is 12.4 Å². The molecule has 2 aromatic carbocycles. The summed E-state index contributed by atoms with van der Waals surface area (Å²) < 4.78 is 75.8. The van der Waals surface area contributed by atoms with E-state index in [0.717, 1.165) is 24.3 Å². The van der Waals surface area contributed by atoms with Gasteiger partial charge in [-0.25, -0.2) is 0 Å². The smallest absolute Gasteiger partial charge is 0.397 e. The van der Waals surface area contributed by atoms with Crippen molar-refractivity contribution in [1.82, 2.24) is 4.98 Å². The summed E-state index contributed by atoms with van der Waals surface area (Å²) in [6.07, 6.45) is -7.46. The number of nitrogens with zero attached hydrogens (tertiary/aromatic N) is 1. The maximum atomic E-state index is 12.6. The number of hydrogen-bond acceptors (Lipinski definition) is 2.